The minimum atomic E-state index is -0.230. The Bertz CT molecular complexity index is 659. The maximum atomic E-state index is 11.9. The second kappa shape index (κ2) is 7.84. The minimum absolute atomic E-state index is 0.230. The minimum Gasteiger partial charge on any atom is -0.492 e. The molecule has 0 aliphatic rings. The zero-order chi connectivity index (χ0) is 15.9. The third kappa shape index (κ3) is 4.77. The molecule has 0 saturated carbocycles. The van der Waals surface area contributed by atoms with E-state index in [1.807, 2.05) is 56.3 Å². The molecule has 2 amide bonds. The molecule has 116 valence electrons. The lowest BCUT2D eigenvalue weighted by atomic mass is 10.1. The smallest absolute Gasteiger partial charge is 0.319 e. The van der Waals surface area contributed by atoms with Crippen LogP contribution in [0.15, 0.2) is 46.9 Å². The van der Waals surface area contributed by atoms with Crippen molar-refractivity contribution in [3.8, 4) is 5.75 Å². The van der Waals surface area contributed by atoms with Gasteiger partial charge in [0.1, 0.15) is 12.4 Å². The topological polar surface area (TPSA) is 50.4 Å². The fraction of sp³-hybridized carbons (Fsp3) is 0.235. The van der Waals surface area contributed by atoms with E-state index in [0.29, 0.717) is 13.2 Å². The van der Waals surface area contributed by atoms with E-state index in [1.165, 1.54) is 0 Å². The Hall–Kier alpha value is -2.01. The average Bonchev–Trinajstić information content (AvgIpc) is 2.49. The van der Waals surface area contributed by atoms with Crippen LogP contribution < -0.4 is 15.4 Å². The highest BCUT2D eigenvalue weighted by Crippen LogP contribution is 2.18. The van der Waals surface area contributed by atoms with Gasteiger partial charge in [-0.25, -0.2) is 4.79 Å². The second-order valence-electron chi connectivity index (χ2n) is 4.93. The first kappa shape index (κ1) is 16.4. The second-order valence-corrected chi connectivity index (χ2v) is 5.85. The quantitative estimate of drug-likeness (QED) is 0.780. The van der Waals surface area contributed by atoms with Crippen molar-refractivity contribution in [2.75, 3.05) is 18.5 Å². The van der Waals surface area contributed by atoms with E-state index in [1.54, 1.807) is 0 Å². The molecular weight excluding hydrogens is 344 g/mol. The molecule has 0 saturated heterocycles. The first-order valence-corrected chi connectivity index (χ1v) is 7.85. The molecule has 22 heavy (non-hydrogen) atoms. The highest BCUT2D eigenvalue weighted by molar-refractivity contribution is 9.10. The van der Waals surface area contributed by atoms with Crippen LogP contribution in [-0.4, -0.2) is 19.2 Å². The van der Waals surface area contributed by atoms with Crippen LogP contribution in [0.5, 0.6) is 5.75 Å². The number of urea groups is 1. The number of hydrogen-bond acceptors (Lipinski definition) is 2. The molecular formula is C17H19BrN2O2. The number of aryl methyl sites for hydroxylation is 1. The molecule has 2 N–H and O–H groups in total. The molecule has 0 radical (unpaired) electrons. The molecule has 2 rings (SSSR count). The monoisotopic (exact) mass is 362 g/mol. The van der Waals surface area contributed by atoms with E-state index in [4.69, 9.17) is 4.74 Å². The standard InChI is InChI=1S/C17H19BrN2O2/c1-12-5-3-8-16(13(12)2)20-17(21)19-9-10-22-15-7-4-6-14(18)11-15/h3-8,11H,9-10H2,1-2H3,(H2,19,20,21). The van der Waals surface area contributed by atoms with Crippen molar-refractivity contribution in [1.29, 1.82) is 0 Å². The van der Waals surface area contributed by atoms with Crippen molar-refractivity contribution >= 4 is 27.6 Å². The van der Waals surface area contributed by atoms with E-state index in [-0.39, 0.29) is 6.03 Å². The SMILES string of the molecule is Cc1cccc(NC(=O)NCCOc2cccc(Br)c2)c1C. The predicted octanol–water partition coefficient (Wildman–Crippen LogP) is 4.27. The van der Waals surface area contributed by atoms with Gasteiger partial charge in [0.2, 0.25) is 0 Å². The summed E-state index contributed by atoms with van der Waals surface area (Å²) in [5.41, 5.74) is 3.05. The lowest BCUT2D eigenvalue weighted by Gasteiger charge is -2.12. The molecule has 0 aliphatic carbocycles. The summed E-state index contributed by atoms with van der Waals surface area (Å²) in [5, 5.41) is 5.62. The molecule has 0 aliphatic heterocycles. The molecule has 0 fully saturated rings. The number of benzene rings is 2. The number of amides is 2. The van der Waals surface area contributed by atoms with E-state index in [0.717, 1.165) is 27.0 Å². The van der Waals surface area contributed by atoms with Gasteiger partial charge in [0.05, 0.1) is 6.54 Å². The van der Waals surface area contributed by atoms with Crippen LogP contribution in [0.3, 0.4) is 0 Å². The van der Waals surface area contributed by atoms with Crippen LogP contribution in [0.1, 0.15) is 11.1 Å². The third-order valence-electron chi connectivity index (χ3n) is 3.31. The van der Waals surface area contributed by atoms with Gasteiger partial charge in [-0.05, 0) is 49.2 Å². The lowest BCUT2D eigenvalue weighted by molar-refractivity contribution is 0.247. The van der Waals surface area contributed by atoms with Gasteiger partial charge >= 0.3 is 6.03 Å². The molecule has 0 spiro atoms. The van der Waals surface area contributed by atoms with Crippen LogP contribution in [-0.2, 0) is 0 Å². The van der Waals surface area contributed by atoms with Crippen LogP contribution in [0.4, 0.5) is 10.5 Å². The van der Waals surface area contributed by atoms with Gasteiger partial charge in [-0.3, -0.25) is 0 Å². The van der Waals surface area contributed by atoms with E-state index < -0.39 is 0 Å². The Balaban J connectivity index is 1.75. The van der Waals surface area contributed by atoms with Crippen LogP contribution in [0.2, 0.25) is 0 Å². The molecule has 0 bridgehead atoms. The van der Waals surface area contributed by atoms with Crippen molar-refractivity contribution in [3.05, 3.63) is 58.1 Å². The van der Waals surface area contributed by atoms with Gasteiger partial charge in [0.25, 0.3) is 0 Å². The third-order valence-corrected chi connectivity index (χ3v) is 3.80. The molecule has 0 atom stereocenters. The molecule has 4 nitrogen and oxygen atoms in total. The fourth-order valence-corrected chi connectivity index (χ4v) is 2.32. The Morgan fingerprint density at radius 2 is 1.95 bits per heavy atom. The summed E-state index contributed by atoms with van der Waals surface area (Å²) in [6, 6.07) is 13.2. The van der Waals surface area contributed by atoms with Gasteiger partial charge in [-0.2, -0.15) is 0 Å². The summed E-state index contributed by atoms with van der Waals surface area (Å²) in [5.74, 6) is 0.770. The maximum Gasteiger partial charge on any atom is 0.319 e. The van der Waals surface area contributed by atoms with Crippen molar-refractivity contribution < 1.29 is 9.53 Å². The molecule has 0 unspecified atom stereocenters. The summed E-state index contributed by atoms with van der Waals surface area (Å²) in [6.45, 7) is 4.85. The van der Waals surface area contributed by atoms with E-state index >= 15 is 0 Å². The van der Waals surface area contributed by atoms with E-state index in [9.17, 15) is 4.79 Å². The first-order valence-electron chi connectivity index (χ1n) is 7.05. The number of carbonyl (C=O) groups excluding carboxylic acids is 1. The van der Waals surface area contributed by atoms with Crippen molar-refractivity contribution in [3.63, 3.8) is 0 Å². The Morgan fingerprint density at radius 3 is 2.73 bits per heavy atom. The highest BCUT2D eigenvalue weighted by atomic mass is 79.9. The summed E-state index contributed by atoms with van der Waals surface area (Å²) in [7, 11) is 0. The predicted molar refractivity (Wildman–Crippen MR) is 92.6 cm³/mol. The number of ether oxygens (including phenoxy) is 1. The summed E-state index contributed by atoms with van der Waals surface area (Å²) < 4.78 is 6.52. The molecule has 0 heterocycles. The molecule has 2 aromatic carbocycles. The zero-order valence-corrected chi connectivity index (χ0v) is 14.2. The van der Waals surface area contributed by atoms with Crippen molar-refractivity contribution in [2.24, 2.45) is 0 Å². The Morgan fingerprint density at radius 1 is 1.18 bits per heavy atom. The van der Waals surface area contributed by atoms with E-state index in [2.05, 4.69) is 26.6 Å². The number of halogens is 1. The summed E-state index contributed by atoms with van der Waals surface area (Å²) in [4.78, 5) is 11.9. The van der Waals surface area contributed by atoms with Crippen LogP contribution in [0, 0.1) is 13.8 Å². The van der Waals surface area contributed by atoms with Gasteiger partial charge in [-0.15, -0.1) is 0 Å². The Labute approximate surface area is 139 Å². The molecule has 5 heteroatoms. The lowest BCUT2D eigenvalue weighted by Crippen LogP contribution is -2.32. The largest absolute Gasteiger partial charge is 0.492 e. The number of nitrogens with one attached hydrogen (secondary N) is 2. The number of hydrogen-bond donors (Lipinski definition) is 2. The molecule has 0 aromatic heterocycles. The van der Waals surface area contributed by atoms with Gasteiger partial charge in [-0.1, -0.05) is 34.1 Å². The number of anilines is 1. The van der Waals surface area contributed by atoms with Crippen LogP contribution in [0.25, 0.3) is 0 Å². The first-order chi connectivity index (χ1) is 10.6. The normalized spacial score (nSPS) is 10.1. The highest BCUT2D eigenvalue weighted by Gasteiger charge is 2.05. The fourth-order valence-electron chi connectivity index (χ4n) is 1.94. The maximum absolute atomic E-state index is 11.9. The van der Waals surface area contributed by atoms with Gasteiger partial charge in [0, 0.05) is 10.2 Å². The van der Waals surface area contributed by atoms with Crippen LogP contribution >= 0.6 is 15.9 Å². The molecule has 2 aromatic rings. The Kier molecular flexibility index (Phi) is 5.83. The van der Waals surface area contributed by atoms with Gasteiger partial charge in [0.15, 0.2) is 0 Å². The summed E-state index contributed by atoms with van der Waals surface area (Å²) >= 11 is 3.38. The number of rotatable bonds is 5. The summed E-state index contributed by atoms with van der Waals surface area (Å²) in [6.07, 6.45) is 0. The number of carbonyl (C=O) groups is 1. The zero-order valence-electron chi connectivity index (χ0n) is 12.7. The van der Waals surface area contributed by atoms with Crippen molar-refractivity contribution in [1.82, 2.24) is 5.32 Å². The average molecular weight is 363 g/mol. The van der Waals surface area contributed by atoms with Crippen molar-refractivity contribution in [2.45, 2.75) is 13.8 Å². The van der Waals surface area contributed by atoms with Gasteiger partial charge < -0.3 is 15.4 Å².